The molecule has 1 amide bonds. The number of fused-ring (bicyclic) bond motifs is 1. The summed E-state index contributed by atoms with van der Waals surface area (Å²) in [6.45, 7) is 3.01. The van der Waals surface area contributed by atoms with Crippen LogP contribution in [0.5, 0.6) is 11.5 Å². The number of nitrogens with zero attached hydrogens (tertiary/aromatic N) is 1. The lowest BCUT2D eigenvalue weighted by Gasteiger charge is -2.36. The Morgan fingerprint density at radius 3 is 2.82 bits per heavy atom. The summed E-state index contributed by atoms with van der Waals surface area (Å²) in [5.74, 6) is -0.326. The average molecular weight is 393 g/mol. The summed E-state index contributed by atoms with van der Waals surface area (Å²) in [6, 6.07) is 3.19. The van der Waals surface area contributed by atoms with Gasteiger partial charge in [-0.05, 0) is 32.0 Å². The first-order chi connectivity index (χ1) is 13.4. The largest absolute Gasteiger partial charge is 0.486 e. The van der Waals surface area contributed by atoms with E-state index in [0.717, 1.165) is 13.0 Å². The predicted octanol–water partition coefficient (Wildman–Crippen LogP) is 0.317. The van der Waals surface area contributed by atoms with E-state index >= 15 is 0 Å². The van der Waals surface area contributed by atoms with E-state index in [1.807, 2.05) is 0 Å². The third-order valence-electron chi connectivity index (χ3n) is 5.10. The molecule has 0 bridgehead atoms. The summed E-state index contributed by atoms with van der Waals surface area (Å²) in [4.78, 5) is 25.3. The fourth-order valence-corrected chi connectivity index (χ4v) is 3.60. The molecule has 0 aromatic heterocycles. The number of β-amino-alcohol motifs (C(OH)–C–C–N with tert-alkyl or cyclic N) is 1. The molecule has 9 heteroatoms. The van der Waals surface area contributed by atoms with E-state index in [1.165, 1.54) is 0 Å². The maximum absolute atomic E-state index is 12.6. The van der Waals surface area contributed by atoms with Gasteiger partial charge in [0.2, 0.25) is 0 Å². The highest BCUT2D eigenvalue weighted by atomic mass is 16.6. The third kappa shape index (κ3) is 5.05. The lowest BCUT2D eigenvalue weighted by molar-refractivity contribution is -0.137. The van der Waals surface area contributed by atoms with Gasteiger partial charge in [0, 0.05) is 37.2 Å². The number of hydrogen-bond acceptors (Lipinski definition) is 7. The van der Waals surface area contributed by atoms with Crippen LogP contribution in [-0.2, 0) is 4.79 Å². The summed E-state index contributed by atoms with van der Waals surface area (Å²) in [5, 5.41) is 22.0. The van der Waals surface area contributed by atoms with Gasteiger partial charge in [-0.15, -0.1) is 0 Å². The second-order valence-corrected chi connectivity index (χ2v) is 7.22. The van der Waals surface area contributed by atoms with Crippen LogP contribution >= 0.6 is 0 Å². The van der Waals surface area contributed by atoms with Crippen LogP contribution in [0.1, 0.15) is 29.6 Å². The molecule has 154 valence electrons. The number of piperidine rings is 1. The predicted molar refractivity (Wildman–Crippen MR) is 102 cm³/mol. The van der Waals surface area contributed by atoms with Crippen LogP contribution in [0.25, 0.3) is 0 Å². The number of carboxylic acid groups (broad SMARTS) is 1. The molecule has 2 aliphatic heterocycles. The van der Waals surface area contributed by atoms with Gasteiger partial charge in [-0.2, -0.15) is 0 Å². The molecule has 3 rings (SSSR count). The number of hydrogen-bond donors (Lipinski definition) is 4. The van der Waals surface area contributed by atoms with E-state index < -0.39 is 12.1 Å². The zero-order chi connectivity index (χ0) is 20.1. The summed E-state index contributed by atoms with van der Waals surface area (Å²) < 4.78 is 11.1. The van der Waals surface area contributed by atoms with Gasteiger partial charge in [0.05, 0.1) is 11.7 Å². The highest BCUT2D eigenvalue weighted by Gasteiger charge is 2.29. The van der Waals surface area contributed by atoms with Gasteiger partial charge >= 0.3 is 5.97 Å². The molecule has 1 aromatic carbocycles. The van der Waals surface area contributed by atoms with Crippen LogP contribution in [0.3, 0.4) is 0 Å². The standard InChI is InChI=1S/C19H27N3O6/c20-13-8-14(18-16(9-13)27-6-7-28-18)19(26)21-10-12-3-5-22(11-15(12)23)4-1-2-17(24)25/h8-9,12,15,23H,1-7,10-11,20H2,(H,21,26)(H,24,25)/t12-,15?/m0/s1. The molecule has 0 saturated carbocycles. The fourth-order valence-electron chi connectivity index (χ4n) is 3.60. The van der Waals surface area contributed by atoms with Gasteiger partial charge in [0.25, 0.3) is 5.91 Å². The number of ether oxygens (including phenoxy) is 2. The van der Waals surface area contributed by atoms with Gasteiger partial charge in [0.1, 0.15) is 13.2 Å². The van der Waals surface area contributed by atoms with Crippen molar-refractivity contribution in [2.24, 2.45) is 5.92 Å². The first-order valence-corrected chi connectivity index (χ1v) is 9.53. The highest BCUT2D eigenvalue weighted by molar-refractivity contribution is 5.99. The van der Waals surface area contributed by atoms with Crippen molar-refractivity contribution in [1.82, 2.24) is 10.2 Å². The SMILES string of the molecule is Nc1cc2c(c(C(=O)NC[C@@H]3CCN(CCCC(=O)O)CC3O)c1)OCCO2. The molecule has 5 N–H and O–H groups in total. The maximum atomic E-state index is 12.6. The summed E-state index contributed by atoms with van der Waals surface area (Å²) >= 11 is 0. The molecule has 28 heavy (non-hydrogen) atoms. The minimum Gasteiger partial charge on any atom is -0.486 e. The summed E-state index contributed by atoms with van der Waals surface area (Å²) in [7, 11) is 0. The molecule has 2 heterocycles. The van der Waals surface area contributed by atoms with E-state index in [0.29, 0.717) is 62.0 Å². The molecule has 0 aliphatic carbocycles. The highest BCUT2D eigenvalue weighted by Crippen LogP contribution is 2.36. The normalized spacial score (nSPS) is 21.9. The van der Waals surface area contributed by atoms with E-state index in [1.54, 1.807) is 12.1 Å². The molecular weight excluding hydrogens is 366 g/mol. The Hall–Kier alpha value is -2.52. The Morgan fingerprint density at radius 1 is 1.29 bits per heavy atom. The van der Waals surface area contributed by atoms with E-state index in [2.05, 4.69) is 10.2 Å². The molecule has 1 aromatic rings. The van der Waals surface area contributed by atoms with Crippen LogP contribution in [0, 0.1) is 5.92 Å². The number of carbonyl (C=O) groups is 2. The average Bonchev–Trinajstić information content (AvgIpc) is 2.66. The van der Waals surface area contributed by atoms with Gasteiger partial charge in [-0.25, -0.2) is 0 Å². The number of nitrogen functional groups attached to an aromatic ring is 1. The smallest absolute Gasteiger partial charge is 0.303 e. The first kappa shape index (κ1) is 20.2. The number of aliphatic hydroxyl groups is 1. The van der Waals surface area contributed by atoms with Crippen LogP contribution in [-0.4, -0.2) is 72.5 Å². The van der Waals surface area contributed by atoms with Crippen LogP contribution < -0.4 is 20.5 Å². The third-order valence-corrected chi connectivity index (χ3v) is 5.10. The van der Waals surface area contributed by atoms with Crippen molar-refractivity contribution in [2.75, 3.05) is 45.1 Å². The van der Waals surface area contributed by atoms with Crippen molar-refractivity contribution in [2.45, 2.75) is 25.4 Å². The molecule has 2 atom stereocenters. The number of carboxylic acids is 1. The Balaban J connectivity index is 1.52. The molecular formula is C19H27N3O6. The number of likely N-dealkylation sites (tertiary alicyclic amines) is 1. The van der Waals surface area contributed by atoms with Gasteiger partial charge in [-0.1, -0.05) is 0 Å². The molecule has 1 unspecified atom stereocenters. The quantitative estimate of drug-likeness (QED) is 0.487. The second-order valence-electron chi connectivity index (χ2n) is 7.22. The number of anilines is 1. The molecule has 1 fully saturated rings. The molecule has 0 spiro atoms. The number of rotatable bonds is 7. The molecule has 1 saturated heterocycles. The number of carbonyl (C=O) groups excluding carboxylic acids is 1. The fraction of sp³-hybridized carbons (Fsp3) is 0.579. The number of amides is 1. The molecule has 2 aliphatic rings. The molecule has 9 nitrogen and oxygen atoms in total. The molecule has 0 radical (unpaired) electrons. The Labute approximate surface area is 163 Å². The van der Waals surface area contributed by atoms with Crippen LogP contribution in [0.4, 0.5) is 5.69 Å². The van der Waals surface area contributed by atoms with Gasteiger partial charge in [0.15, 0.2) is 11.5 Å². The number of aliphatic hydroxyl groups excluding tert-OH is 1. The topological polar surface area (TPSA) is 134 Å². The minimum absolute atomic E-state index is 0.0614. The Kier molecular flexibility index (Phi) is 6.58. The number of benzene rings is 1. The van der Waals surface area contributed by atoms with E-state index in [4.69, 9.17) is 20.3 Å². The maximum Gasteiger partial charge on any atom is 0.303 e. The lowest BCUT2D eigenvalue weighted by Crippen LogP contribution is -2.47. The zero-order valence-electron chi connectivity index (χ0n) is 15.7. The van der Waals surface area contributed by atoms with E-state index in [-0.39, 0.29) is 18.2 Å². The van der Waals surface area contributed by atoms with E-state index in [9.17, 15) is 14.7 Å². The van der Waals surface area contributed by atoms with Crippen molar-refractivity contribution in [3.63, 3.8) is 0 Å². The number of nitrogens with two attached hydrogens (primary N) is 1. The number of nitrogens with one attached hydrogen (secondary N) is 1. The first-order valence-electron chi connectivity index (χ1n) is 9.53. The van der Waals surface area contributed by atoms with Crippen molar-refractivity contribution in [3.05, 3.63) is 17.7 Å². The van der Waals surface area contributed by atoms with Crippen molar-refractivity contribution in [1.29, 1.82) is 0 Å². The van der Waals surface area contributed by atoms with Crippen LogP contribution in [0.2, 0.25) is 0 Å². The second kappa shape index (κ2) is 9.11. The summed E-state index contributed by atoms with van der Waals surface area (Å²) in [6.07, 6.45) is 0.839. The zero-order valence-corrected chi connectivity index (χ0v) is 15.7. The minimum atomic E-state index is -0.809. The van der Waals surface area contributed by atoms with Gasteiger partial charge < -0.3 is 35.6 Å². The van der Waals surface area contributed by atoms with Crippen molar-refractivity contribution in [3.8, 4) is 11.5 Å². The monoisotopic (exact) mass is 393 g/mol. The Bertz CT molecular complexity index is 726. The van der Waals surface area contributed by atoms with Gasteiger partial charge in [-0.3, -0.25) is 9.59 Å². The number of aliphatic carboxylic acids is 1. The van der Waals surface area contributed by atoms with Crippen LogP contribution in [0.15, 0.2) is 12.1 Å². The van der Waals surface area contributed by atoms with Crippen molar-refractivity contribution < 1.29 is 29.3 Å². The Morgan fingerprint density at radius 2 is 2.07 bits per heavy atom. The summed E-state index contributed by atoms with van der Waals surface area (Å²) in [5.41, 5.74) is 6.61. The lowest BCUT2D eigenvalue weighted by atomic mass is 9.93. The van der Waals surface area contributed by atoms with Crippen molar-refractivity contribution >= 4 is 17.6 Å².